The van der Waals surface area contributed by atoms with E-state index in [0.717, 1.165) is 0 Å². The molecule has 0 atom stereocenters. The highest BCUT2D eigenvalue weighted by Gasteiger charge is 2.11. The van der Waals surface area contributed by atoms with Gasteiger partial charge in [-0.1, -0.05) is 0 Å². The van der Waals surface area contributed by atoms with Crippen molar-refractivity contribution in [3.8, 4) is 0 Å². The van der Waals surface area contributed by atoms with Crippen LogP contribution in [-0.2, 0) is 16.0 Å². The number of hydrogen-bond donors (Lipinski definition) is 1. The SMILES string of the molecule is COCCOCCNCc1c(F)ccc(Br)c1F. The van der Waals surface area contributed by atoms with Gasteiger partial charge >= 0.3 is 0 Å². The van der Waals surface area contributed by atoms with E-state index in [1.54, 1.807) is 7.11 Å². The molecule has 0 aliphatic carbocycles. The molecule has 0 bridgehead atoms. The summed E-state index contributed by atoms with van der Waals surface area (Å²) in [5, 5.41) is 2.92. The maximum atomic E-state index is 13.6. The molecule has 0 aliphatic rings. The Morgan fingerprint density at radius 3 is 2.72 bits per heavy atom. The highest BCUT2D eigenvalue weighted by molar-refractivity contribution is 9.10. The lowest BCUT2D eigenvalue weighted by Crippen LogP contribution is -2.21. The zero-order chi connectivity index (χ0) is 13.4. The minimum atomic E-state index is -0.567. The summed E-state index contributed by atoms with van der Waals surface area (Å²) in [6, 6.07) is 2.58. The lowest BCUT2D eigenvalue weighted by molar-refractivity contribution is 0.0718. The van der Waals surface area contributed by atoms with Crippen molar-refractivity contribution < 1.29 is 18.3 Å². The summed E-state index contributed by atoms with van der Waals surface area (Å²) in [5.41, 5.74) is 0.0290. The van der Waals surface area contributed by atoms with Gasteiger partial charge in [-0.3, -0.25) is 0 Å². The van der Waals surface area contributed by atoms with Crippen molar-refractivity contribution in [3.63, 3.8) is 0 Å². The van der Waals surface area contributed by atoms with E-state index >= 15 is 0 Å². The van der Waals surface area contributed by atoms with E-state index < -0.39 is 11.6 Å². The lowest BCUT2D eigenvalue weighted by atomic mass is 10.2. The average Bonchev–Trinajstić information content (AvgIpc) is 2.36. The predicted octanol–water partition coefficient (Wildman–Crippen LogP) is 2.48. The third-order valence-corrected chi connectivity index (χ3v) is 2.91. The first kappa shape index (κ1) is 15.5. The van der Waals surface area contributed by atoms with Crippen molar-refractivity contribution in [2.75, 3.05) is 33.5 Å². The van der Waals surface area contributed by atoms with Crippen LogP contribution in [0, 0.1) is 11.6 Å². The third kappa shape index (κ3) is 4.97. The molecule has 1 N–H and O–H groups in total. The second-order valence-electron chi connectivity index (χ2n) is 3.60. The fraction of sp³-hybridized carbons (Fsp3) is 0.500. The summed E-state index contributed by atoms with van der Waals surface area (Å²) < 4.78 is 37.2. The maximum absolute atomic E-state index is 13.6. The molecule has 0 saturated heterocycles. The number of nitrogens with one attached hydrogen (secondary N) is 1. The second-order valence-corrected chi connectivity index (χ2v) is 4.46. The maximum Gasteiger partial charge on any atom is 0.144 e. The van der Waals surface area contributed by atoms with Crippen LogP contribution in [0.15, 0.2) is 16.6 Å². The molecular formula is C12H16BrF2NO2. The van der Waals surface area contributed by atoms with Gasteiger partial charge in [-0.25, -0.2) is 8.78 Å². The Labute approximate surface area is 114 Å². The van der Waals surface area contributed by atoms with Crippen LogP contribution in [0.5, 0.6) is 0 Å². The monoisotopic (exact) mass is 323 g/mol. The fourth-order valence-electron chi connectivity index (χ4n) is 1.33. The van der Waals surface area contributed by atoms with Gasteiger partial charge in [0, 0.05) is 25.8 Å². The van der Waals surface area contributed by atoms with Gasteiger partial charge in [0.15, 0.2) is 0 Å². The largest absolute Gasteiger partial charge is 0.382 e. The number of ether oxygens (including phenoxy) is 2. The normalized spacial score (nSPS) is 10.9. The molecule has 0 aromatic heterocycles. The Morgan fingerprint density at radius 1 is 1.22 bits per heavy atom. The van der Waals surface area contributed by atoms with E-state index in [0.29, 0.717) is 26.4 Å². The molecule has 1 aromatic rings. The summed E-state index contributed by atoms with van der Waals surface area (Å²) in [4.78, 5) is 0. The second kappa shape index (κ2) is 8.53. The average molecular weight is 324 g/mol. The predicted molar refractivity (Wildman–Crippen MR) is 68.5 cm³/mol. The van der Waals surface area contributed by atoms with Gasteiger partial charge < -0.3 is 14.8 Å². The van der Waals surface area contributed by atoms with Crippen LogP contribution < -0.4 is 5.32 Å². The summed E-state index contributed by atoms with van der Waals surface area (Å²) in [7, 11) is 1.60. The van der Waals surface area contributed by atoms with E-state index in [4.69, 9.17) is 9.47 Å². The zero-order valence-electron chi connectivity index (χ0n) is 10.1. The van der Waals surface area contributed by atoms with Crippen LogP contribution in [0.3, 0.4) is 0 Å². The topological polar surface area (TPSA) is 30.5 Å². The fourth-order valence-corrected chi connectivity index (χ4v) is 1.70. The molecule has 0 unspecified atom stereocenters. The van der Waals surface area contributed by atoms with E-state index in [-0.39, 0.29) is 16.6 Å². The summed E-state index contributed by atoms with van der Waals surface area (Å²) >= 11 is 3.02. The molecule has 6 heteroatoms. The number of benzene rings is 1. The van der Waals surface area contributed by atoms with Crippen molar-refractivity contribution in [1.29, 1.82) is 0 Å². The van der Waals surface area contributed by atoms with Crippen molar-refractivity contribution in [2.45, 2.75) is 6.54 Å². The summed E-state index contributed by atoms with van der Waals surface area (Å²) in [6.45, 7) is 2.17. The van der Waals surface area contributed by atoms with Crippen LogP contribution in [0.2, 0.25) is 0 Å². The van der Waals surface area contributed by atoms with Crippen LogP contribution in [0.25, 0.3) is 0 Å². The molecule has 18 heavy (non-hydrogen) atoms. The molecule has 3 nitrogen and oxygen atoms in total. The highest BCUT2D eigenvalue weighted by atomic mass is 79.9. The molecule has 0 aliphatic heterocycles. The molecule has 1 aromatic carbocycles. The van der Waals surface area contributed by atoms with Crippen LogP contribution in [-0.4, -0.2) is 33.5 Å². The first-order valence-corrected chi connectivity index (χ1v) is 6.36. The molecular weight excluding hydrogens is 308 g/mol. The quantitative estimate of drug-likeness (QED) is 0.589. The first-order valence-electron chi connectivity index (χ1n) is 5.56. The van der Waals surface area contributed by atoms with Crippen LogP contribution in [0.4, 0.5) is 8.78 Å². The van der Waals surface area contributed by atoms with Crippen LogP contribution >= 0.6 is 15.9 Å². The van der Waals surface area contributed by atoms with E-state index in [1.807, 2.05) is 0 Å². The molecule has 0 amide bonds. The van der Waals surface area contributed by atoms with Crippen LogP contribution in [0.1, 0.15) is 5.56 Å². The van der Waals surface area contributed by atoms with Gasteiger partial charge in [-0.15, -0.1) is 0 Å². The van der Waals surface area contributed by atoms with Gasteiger partial charge in [0.25, 0.3) is 0 Å². The molecule has 0 heterocycles. The van der Waals surface area contributed by atoms with Crippen molar-refractivity contribution >= 4 is 15.9 Å². The zero-order valence-corrected chi connectivity index (χ0v) is 11.7. The van der Waals surface area contributed by atoms with Crippen molar-refractivity contribution in [2.24, 2.45) is 0 Å². The van der Waals surface area contributed by atoms with Gasteiger partial charge in [-0.2, -0.15) is 0 Å². The Morgan fingerprint density at radius 2 is 2.00 bits per heavy atom. The van der Waals surface area contributed by atoms with Gasteiger partial charge in [-0.05, 0) is 28.1 Å². The van der Waals surface area contributed by atoms with Crippen molar-refractivity contribution in [3.05, 3.63) is 33.8 Å². The van der Waals surface area contributed by atoms with Gasteiger partial charge in [0.2, 0.25) is 0 Å². The highest BCUT2D eigenvalue weighted by Crippen LogP contribution is 2.21. The number of hydrogen-bond acceptors (Lipinski definition) is 3. The Hall–Kier alpha value is -0.560. The smallest absolute Gasteiger partial charge is 0.144 e. The third-order valence-electron chi connectivity index (χ3n) is 2.30. The van der Waals surface area contributed by atoms with Gasteiger partial charge in [0.1, 0.15) is 11.6 Å². The Balaban J connectivity index is 2.29. The summed E-state index contributed by atoms with van der Waals surface area (Å²) in [6.07, 6.45) is 0. The minimum Gasteiger partial charge on any atom is -0.382 e. The summed E-state index contributed by atoms with van der Waals surface area (Å²) in [5.74, 6) is -1.12. The Kier molecular flexibility index (Phi) is 7.34. The van der Waals surface area contributed by atoms with E-state index in [1.165, 1.54) is 12.1 Å². The molecule has 0 fully saturated rings. The molecule has 102 valence electrons. The minimum absolute atomic E-state index is 0.0290. The number of methoxy groups -OCH3 is 1. The molecule has 0 spiro atoms. The molecule has 0 radical (unpaired) electrons. The number of halogens is 3. The first-order chi connectivity index (χ1) is 8.66. The van der Waals surface area contributed by atoms with Gasteiger partial charge in [0.05, 0.1) is 24.3 Å². The molecule has 0 saturated carbocycles. The molecule has 1 rings (SSSR count). The van der Waals surface area contributed by atoms with E-state index in [2.05, 4.69) is 21.2 Å². The standard InChI is InChI=1S/C12H16BrF2NO2/c1-17-6-7-18-5-4-16-8-9-11(14)3-2-10(13)12(9)15/h2-3,16H,4-8H2,1H3. The Bertz CT molecular complexity index is 377. The number of rotatable bonds is 8. The lowest BCUT2D eigenvalue weighted by Gasteiger charge is -2.08. The van der Waals surface area contributed by atoms with E-state index in [9.17, 15) is 8.78 Å². The van der Waals surface area contributed by atoms with Crippen molar-refractivity contribution in [1.82, 2.24) is 5.32 Å².